The summed E-state index contributed by atoms with van der Waals surface area (Å²) in [5.74, 6) is 0.732. The number of ether oxygens (including phenoxy) is 1. The van der Waals surface area contributed by atoms with E-state index in [1.165, 1.54) is 5.56 Å². The minimum Gasteiger partial charge on any atom is -0.489 e. The fourth-order valence-corrected chi connectivity index (χ4v) is 3.01. The molecule has 1 N–H and O–H groups in total. The third-order valence-electron chi connectivity index (χ3n) is 4.83. The molecule has 28 heavy (non-hydrogen) atoms. The number of nitrogens with one attached hydrogen (secondary N) is 1. The van der Waals surface area contributed by atoms with E-state index in [0.29, 0.717) is 6.61 Å². The summed E-state index contributed by atoms with van der Waals surface area (Å²) in [5, 5.41) is 2.99. The first-order valence-electron chi connectivity index (χ1n) is 9.65. The van der Waals surface area contributed by atoms with E-state index in [1.807, 2.05) is 73.0 Å². The molecule has 4 nitrogen and oxygen atoms in total. The normalized spacial score (nSPS) is 11.7. The number of nitrogens with zero attached hydrogens (tertiary/aromatic N) is 1. The zero-order valence-corrected chi connectivity index (χ0v) is 16.7. The Balaban J connectivity index is 1.61. The summed E-state index contributed by atoms with van der Waals surface area (Å²) in [6, 6.07) is 21.4. The van der Waals surface area contributed by atoms with E-state index < -0.39 is 0 Å². The molecule has 0 spiro atoms. The Hall–Kier alpha value is -3.14. The maximum absolute atomic E-state index is 12.7. The lowest BCUT2D eigenvalue weighted by Gasteiger charge is -2.12. The van der Waals surface area contributed by atoms with E-state index in [1.54, 1.807) is 0 Å². The first-order chi connectivity index (χ1) is 13.6. The number of carbonyl (C=O) groups is 1. The van der Waals surface area contributed by atoms with E-state index in [0.717, 1.165) is 29.1 Å². The Morgan fingerprint density at radius 1 is 1.00 bits per heavy atom. The van der Waals surface area contributed by atoms with Crippen LogP contribution in [0.2, 0.25) is 0 Å². The Morgan fingerprint density at radius 2 is 1.71 bits per heavy atom. The zero-order valence-electron chi connectivity index (χ0n) is 16.7. The van der Waals surface area contributed by atoms with Crippen molar-refractivity contribution in [3.63, 3.8) is 0 Å². The van der Waals surface area contributed by atoms with Crippen LogP contribution < -0.4 is 14.6 Å². The average Bonchev–Trinajstić information content (AvgIpc) is 2.74. The predicted octanol–water partition coefficient (Wildman–Crippen LogP) is 4.62. The molecule has 4 heteroatoms. The Bertz CT molecular complexity index is 921. The van der Waals surface area contributed by atoms with Crippen molar-refractivity contribution in [3.8, 4) is 5.75 Å². The quantitative estimate of drug-likeness (QED) is 0.612. The number of hydrogen-bond acceptors (Lipinski definition) is 2. The molecular weight excluding hydrogens is 348 g/mol. The van der Waals surface area contributed by atoms with Gasteiger partial charge in [0, 0.05) is 31.2 Å². The summed E-state index contributed by atoms with van der Waals surface area (Å²) in [4.78, 5) is 12.7. The van der Waals surface area contributed by atoms with E-state index >= 15 is 0 Å². The van der Waals surface area contributed by atoms with Crippen molar-refractivity contribution in [2.75, 3.05) is 5.32 Å². The molecule has 3 aromatic rings. The topological polar surface area (TPSA) is 42.2 Å². The van der Waals surface area contributed by atoms with E-state index in [-0.39, 0.29) is 11.9 Å². The van der Waals surface area contributed by atoms with Crippen molar-refractivity contribution in [2.24, 2.45) is 0 Å². The number of benzene rings is 2. The fourth-order valence-electron chi connectivity index (χ4n) is 3.01. The van der Waals surface area contributed by atoms with Crippen LogP contribution in [-0.2, 0) is 17.8 Å². The number of aryl methyl sites for hydroxylation is 2. The third-order valence-corrected chi connectivity index (χ3v) is 4.83. The largest absolute Gasteiger partial charge is 0.489 e. The molecular formula is C24H27N2O2+. The van der Waals surface area contributed by atoms with Gasteiger partial charge in [0.05, 0.1) is 0 Å². The maximum Gasteiger partial charge on any atom is 0.293 e. The molecule has 2 aromatic carbocycles. The van der Waals surface area contributed by atoms with Gasteiger partial charge in [-0.25, -0.2) is 0 Å². The van der Waals surface area contributed by atoms with Gasteiger partial charge in [0.2, 0.25) is 6.04 Å². The van der Waals surface area contributed by atoms with Crippen LogP contribution in [0.25, 0.3) is 0 Å². The van der Waals surface area contributed by atoms with Crippen molar-refractivity contribution >= 4 is 11.6 Å². The van der Waals surface area contributed by atoms with E-state index in [2.05, 4.69) is 30.6 Å². The smallest absolute Gasteiger partial charge is 0.293 e. The molecule has 1 aromatic heterocycles. The lowest BCUT2D eigenvalue weighted by Crippen LogP contribution is -2.47. The number of hydrogen-bond donors (Lipinski definition) is 1. The van der Waals surface area contributed by atoms with Crippen LogP contribution in [0.5, 0.6) is 5.75 Å². The second-order valence-corrected chi connectivity index (χ2v) is 6.90. The summed E-state index contributed by atoms with van der Waals surface area (Å²) >= 11 is 0. The molecule has 1 atom stereocenters. The van der Waals surface area contributed by atoms with E-state index in [9.17, 15) is 4.79 Å². The molecule has 1 amide bonds. The summed E-state index contributed by atoms with van der Waals surface area (Å²) < 4.78 is 7.81. The predicted molar refractivity (Wildman–Crippen MR) is 111 cm³/mol. The second kappa shape index (κ2) is 9.18. The molecule has 0 aliphatic heterocycles. The van der Waals surface area contributed by atoms with Gasteiger partial charge in [-0.3, -0.25) is 4.79 Å². The van der Waals surface area contributed by atoms with Gasteiger partial charge >= 0.3 is 0 Å². The summed E-state index contributed by atoms with van der Waals surface area (Å²) in [6.45, 7) is 6.57. The van der Waals surface area contributed by atoms with Crippen LogP contribution in [-0.4, -0.2) is 5.91 Å². The number of rotatable bonds is 7. The molecule has 0 bridgehead atoms. The van der Waals surface area contributed by atoms with Crippen molar-refractivity contribution in [2.45, 2.75) is 39.8 Å². The Labute approximate surface area is 166 Å². The molecule has 0 radical (unpaired) electrons. The minimum absolute atomic E-state index is 0.0423. The fraction of sp³-hybridized carbons (Fsp3) is 0.250. The van der Waals surface area contributed by atoms with Crippen molar-refractivity contribution in [3.05, 3.63) is 89.7 Å². The van der Waals surface area contributed by atoms with Gasteiger partial charge in [-0.2, -0.15) is 4.57 Å². The molecule has 3 rings (SSSR count). The molecule has 0 aliphatic carbocycles. The average molecular weight is 375 g/mol. The highest BCUT2D eigenvalue weighted by molar-refractivity contribution is 5.92. The van der Waals surface area contributed by atoms with Gasteiger partial charge in [-0.1, -0.05) is 37.3 Å². The molecule has 0 fully saturated rings. The van der Waals surface area contributed by atoms with Crippen LogP contribution in [0.4, 0.5) is 5.69 Å². The molecule has 0 unspecified atom stereocenters. The van der Waals surface area contributed by atoms with Gasteiger partial charge < -0.3 is 10.1 Å². The zero-order chi connectivity index (χ0) is 19.9. The lowest BCUT2D eigenvalue weighted by molar-refractivity contribution is -0.711. The van der Waals surface area contributed by atoms with Crippen LogP contribution in [0.1, 0.15) is 36.7 Å². The van der Waals surface area contributed by atoms with Crippen LogP contribution in [0, 0.1) is 6.92 Å². The van der Waals surface area contributed by atoms with Gasteiger partial charge in [0.15, 0.2) is 11.9 Å². The highest BCUT2D eigenvalue weighted by atomic mass is 16.5. The van der Waals surface area contributed by atoms with Gasteiger partial charge in [-0.05, 0) is 42.3 Å². The van der Waals surface area contributed by atoms with Gasteiger partial charge in [-0.15, -0.1) is 0 Å². The third kappa shape index (κ3) is 4.97. The molecule has 1 heterocycles. The molecule has 144 valence electrons. The Morgan fingerprint density at radius 3 is 2.39 bits per heavy atom. The molecule has 0 saturated heterocycles. The Kier molecular flexibility index (Phi) is 6.43. The summed E-state index contributed by atoms with van der Waals surface area (Å²) in [6.07, 6.45) is 3.00. The van der Waals surface area contributed by atoms with Crippen LogP contribution in [0.15, 0.2) is 72.9 Å². The SMILES string of the molecule is CCc1ccc(C)[n+]([C@H](C)C(=O)Nc2ccc(OCc3ccccc3)cc2)c1. The van der Waals surface area contributed by atoms with Gasteiger partial charge in [0.25, 0.3) is 5.91 Å². The number of aromatic nitrogens is 1. The standard InChI is InChI=1S/C24H26N2O2/c1-4-20-11-10-18(2)26(16-20)19(3)24(27)25-22-12-14-23(15-13-22)28-17-21-8-6-5-7-9-21/h5-16,19H,4,17H2,1-3H3/p+1/t19-/m1/s1. The van der Waals surface area contributed by atoms with Crippen molar-refractivity contribution < 1.29 is 14.1 Å². The van der Waals surface area contributed by atoms with Crippen LogP contribution >= 0.6 is 0 Å². The number of amides is 1. The number of anilines is 1. The first kappa shape index (κ1) is 19.6. The van der Waals surface area contributed by atoms with Crippen molar-refractivity contribution in [1.82, 2.24) is 0 Å². The maximum atomic E-state index is 12.7. The second-order valence-electron chi connectivity index (χ2n) is 6.90. The molecule has 0 aliphatic rings. The first-order valence-corrected chi connectivity index (χ1v) is 9.65. The minimum atomic E-state index is -0.291. The molecule has 0 saturated carbocycles. The lowest BCUT2D eigenvalue weighted by atomic mass is 10.1. The van der Waals surface area contributed by atoms with E-state index in [4.69, 9.17) is 4.74 Å². The summed E-state index contributed by atoms with van der Waals surface area (Å²) in [7, 11) is 0. The van der Waals surface area contributed by atoms with Crippen LogP contribution in [0.3, 0.4) is 0 Å². The van der Waals surface area contributed by atoms with Gasteiger partial charge in [0.1, 0.15) is 12.4 Å². The highest BCUT2D eigenvalue weighted by Crippen LogP contribution is 2.18. The van der Waals surface area contributed by atoms with Crippen molar-refractivity contribution in [1.29, 1.82) is 0 Å². The highest BCUT2D eigenvalue weighted by Gasteiger charge is 2.24. The number of carbonyl (C=O) groups excluding carboxylic acids is 1. The number of pyridine rings is 1. The summed E-state index contributed by atoms with van der Waals surface area (Å²) in [5.41, 5.74) is 4.15. The monoisotopic (exact) mass is 375 g/mol.